The summed E-state index contributed by atoms with van der Waals surface area (Å²) in [7, 11) is 0. The van der Waals surface area contributed by atoms with Crippen molar-refractivity contribution >= 4 is 12.2 Å². The molecule has 94 valence electrons. The van der Waals surface area contributed by atoms with Gasteiger partial charge in [-0.2, -0.15) is 13.2 Å². The maximum Gasteiger partial charge on any atom is 0.396 e. The van der Waals surface area contributed by atoms with Gasteiger partial charge in [-0.3, -0.25) is 0 Å². The van der Waals surface area contributed by atoms with Gasteiger partial charge < -0.3 is 4.98 Å². The van der Waals surface area contributed by atoms with Gasteiger partial charge in [0.1, 0.15) is 16.9 Å². The van der Waals surface area contributed by atoms with Gasteiger partial charge in [0.05, 0.1) is 0 Å². The number of rotatable bonds is 2. The van der Waals surface area contributed by atoms with Gasteiger partial charge in [-0.15, -0.1) is 0 Å². The molecule has 1 N–H and O–H groups in total. The van der Waals surface area contributed by atoms with E-state index in [4.69, 9.17) is 12.2 Å². The Balaban J connectivity index is 2.42. The number of alkyl halides is 3. The van der Waals surface area contributed by atoms with E-state index in [-0.39, 0.29) is 10.5 Å². The van der Waals surface area contributed by atoms with E-state index in [0.29, 0.717) is 5.69 Å². The van der Waals surface area contributed by atoms with Crippen molar-refractivity contribution in [3.63, 3.8) is 0 Å². The molecule has 1 aromatic carbocycles. The first kappa shape index (κ1) is 12.8. The number of benzene rings is 1. The standard InChI is InChI=1S/C12H9F3N2S/c13-12(14,15)7-10-16-9(6-11(18)17-10)8-4-2-1-3-5-8/h1-6H,7H2,(H,16,17,18). The molecule has 0 saturated carbocycles. The smallest absolute Gasteiger partial charge is 0.343 e. The molecular formula is C12H9F3N2S. The summed E-state index contributed by atoms with van der Waals surface area (Å²) in [5.41, 5.74) is 1.31. The van der Waals surface area contributed by atoms with E-state index >= 15 is 0 Å². The largest absolute Gasteiger partial charge is 0.396 e. The summed E-state index contributed by atoms with van der Waals surface area (Å²) in [5, 5.41) is 0. The zero-order valence-electron chi connectivity index (χ0n) is 9.16. The topological polar surface area (TPSA) is 28.7 Å². The van der Waals surface area contributed by atoms with E-state index < -0.39 is 12.6 Å². The van der Waals surface area contributed by atoms with Crippen LogP contribution >= 0.6 is 12.2 Å². The highest BCUT2D eigenvalue weighted by molar-refractivity contribution is 7.71. The van der Waals surface area contributed by atoms with Gasteiger partial charge in [-0.1, -0.05) is 42.5 Å². The maximum absolute atomic E-state index is 12.3. The van der Waals surface area contributed by atoms with Crippen molar-refractivity contribution in [2.75, 3.05) is 0 Å². The minimum absolute atomic E-state index is 0.145. The average molecular weight is 270 g/mol. The molecule has 2 nitrogen and oxygen atoms in total. The highest BCUT2D eigenvalue weighted by atomic mass is 32.1. The lowest BCUT2D eigenvalue weighted by atomic mass is 10.1. The average Bonchev–Trinajstić information content (AvgIpc) is 2.27. The highest BCUT2D eigenvalue weighted by Gasteiger charge is 2.29. The first-order valence-electron chi connectivity index (χ1n) is 5.16. The van der Waals surface area contributed by atoms with Gasteiger partial charge in [-0.05, 0) is 11.6 Å². The molecule has 2 aromatic rings. The second kappa shape index (κ2) is 4.89. The number of halogens is 3. The summed E-state index contributed by atoms with van der Waals surface area (Å²) >= 11 is 4.88. The summed E-state index contributed by atoms with van der Waals surface area (Å²) in [6.45, 7) is 0. The molecule has 1 aromatic heterocycles. The molecule has 0 aliphatic heterocycles. The molecule has 0 atom stereocenters. The molecule has 1 heterocycles. The summed E-state index contributed by atoms with van der Waals surface area (Å²) < 4.78 is 37.1. The molecule has 18 heavy (non-hydrogen) atoms. The second-order valence-electron chi connectivity index (χ2n) is 3.74. The van der Waals surface area contributed by atoms with Crippen molar-refractivity contribution in [1.82, 2.24) is 9.97 Å². The fourth-order valence-corrected chi connectivity index (χ4v) is 1.78. The van der Waals surface area contributed by atoms with Gasteiger partial charge in [0.15, 0.2) is 0 Å². The fourth-order valence-electron chi connectivity index (χ4n) is 1.56. The van der Waals surface area contributed by atoms with Crippen molar-refractivity contribution in [2.24, 2.45) is 0 Å². The number of H-pyrrole nitrogens is 1. The zero-order valence-corrected chi connectivity index (χ0v) is 9.98. The van der Waals surface area contributed by atoms with Crippen LogP contribution < -0.4 is 0 Å². The zero-order chi connectivity index (χ0) is 13.2. The number of aromatic nitrogens is 2. The van der Waals surface area contributed by atoms with Crippen LogP contribution in [0.3, 0.4) is 0 Å². The van der Waals surface area contributed by atoms with E-state index in [1.165, 1.54) is 0 Å². The Bertz CT molecular complexity index is 590. The van der Waals surface area contributed by atoms with Gasteiger partial charge in [0.2, 0.25) is 0 Å². The Morgan fingerprint density at radius 1 is 1.17 bits per heavy atom. The van der Waals surface area contributed by atoms with Crippen LogP contribution in [0.15, 0.2) is 36.4 Å². The van der Waals surface area contributed by atoms with Crippen LogP contribution in [0.25, 0.3) is 11.3 Å². The van der Waals surface area contributed by atoms with E-state index in [2.05, 4.69) is 9.97 Å². The summed E-state index contributed by atoms with van der Waals surface area (Å²) in [6.07, 6.45) is -5.42. The van der Waals surface area contributed by atoms with Crippen LogP contribution in [-0.2, 0) is 6.42 Å². The summed E-state index contributed by atoms with van der Waals surface area (Å²) in [4.78, 5) is 6.34. The Labute approximate surface area is 107 Å². The molecule has 0 amide bonds. The molecule has 0 aliphatic rings. The van der Waals surface area contributed by atoms with Gasteiger partial charge in [0.25, 0.3) is 0 Å². The molecule has 0 spiro atoms. The Kier molecular flexibility index (Phi) is 3.47. The fraction of sp³-hybridized carbons (Fsp3) is 0.167. The predicted octanol–water partition coefficient (Wildman–Crippen LogP) is 3.91. The molecule has 0 radical (unpaired) electrons. The van der Waals surface area contributed by atoms with E-state index in [1.807, 2.05) is 6.07 Å². The third-order valence-electron chi connectivity index (χ3n) is 2.24. The van der Waals surface area contributed by atoms with E-state index in [0.717, 1.165) is 5.56 Å². The van der Waals surface area contributed by atoms with Crippen molar-refractivity contribution in [3.05, 3.63) is 46.9 Å². The first-order chi connectivity index (χ1) is 8.44. The molecule has 0 bridgehead atoms. The highest BCUT2D eigenvalue weighted by Crippen LogP contribution is 2.21. The Morgan fingerprint density at radius 2 is 1.83 bits per heavy atom. The predicted molar refractivity (Wildman–Crippen MR) is 64.6 cm³/mol. The van der Waals surface area contributed by atoms with E-state index in [1.54, 1.807) is 30.3 Å². The molecule has 0 saturated heterocycles. The van der Waals surface area contributed by atoms with Gasteiger partial charge in [0, 0.05) is 5.69 Å². The Morgan fingerprint density at radius 3 is 2.44 bits per heavy atom. The number of aromatic amines is 1. The summed E-state index contributed by atoms with van der Waals surface area (Å²) in [6, 6.07) is 10.6. The van der Waals surface area contributed by atoms with Crippen molar-refractivity contribution in [3.8, 4) is 11.3 Å². The molecule has 2 rings (SSSR count). The number of nitrogens with zero attached hydrogens (tertiary/aromatic N) is 1. The second-order valence-corrected chi connectivity index (χ2v) is 4.16. The maximum atomic E-state index is 12.3. The first-order valence-corrected chi connectivity index (χ1v) is 5.57. The minimum Gasteiger partial charge on any atom is -0.343 e. The van der Waals surface area contributed by atoms with Gasteiger partial charge in [-0.25, -0.2) is 4.98 Å². The van der Waals surface area contributed by atoms with Crippen LogP contribution in [0.5, 0.6) is 0 Å². The lowest BCUT2D eigenvalue weighted by molar-refractivity contribution is -0.128. The van der Waals surface area contributed by atoms with Crippen molar-refractivity contribution < 1.29 is 13.2 Å². The third kappa shape index (κ3) is 3.40. The van der Waals surface area contributed by atoms with Crippen LogP contribution in [0.1, 0.15) is 5.82 Å². The lowest BCUT2D eigenvalue weighted by Crippen LogP contribution is -2.14. The van der Waals surface area contributed by atoms with Gasteiger partial charge >= 0.3 is 6.18 Å². The molecule has 6 heteroatoms. The summed E-state index contributed by atoms with van der Waals surface area (Å²) in [5.74, 6) is -0.172. The monoisotopic (exact) mass is 270 g/mol. The quantitative estimate of drug-likeness (QED) is 0.838. The Hall–Kier alpha value is -1.69. The molecular weight excluding hydrogens is 261 g/mol. The van der Waals surface area contributed by atoms with Crippen LogP contribution in [-0.4, -0.2) is 16.1 Å². The molecule has 0 unspecified atom stereocenters. The minimum atomic E-state index is -4.30. The van der Waals surface area contributed by atoms with Crippen LogP contribution in [0.2, 0.25) is 0 Å². The SMILES string of the molecule is FC(F)(F)Cc1nc(=S)cc(-c2ccccc2)[nH]1. The third-order valence-corrected chi connectivity index (χ3v) is 2.45. The molecule has 0 fully saturated rings. The number of hydrogen-bond donors (Lipinski definition) is 1. The number of nitrogens with one attached hydrogen (secondary N) is 1. The number of hydrogen-bond acceptors (Lipinski definition) is 2. The van der Waals surface area contributed by atoms with E-state index in [9.17, 15) is 13.2 Å². The normalized spacial score (nSPS) is 11.5. The van der Waals surface area contributed by atoms with Crippen LogP contribution in [0.4, 0.5) is 13.2 Å². The van der Waals surface area contributed by atoms with Crippen molar-refractivity contribution in [1.29, 1.82) is 0 Å². The van der Waals surface area contributed by atoms with Crippen molar-refractivity contribution in [2.45, 2.75) is 12.6 Å². The molecule has 0 aliphatic carbocycles. The van der Waals surface area contributed by atoms with Crippen LogP contribution in [0, 0.1) is 4.64 Å². The lowest BCUT2D eigenvalue weighted by Gasteiger charge is -2.08.